The van der Waals surface area contributed by atoms with Gasteiger partial charge in [-0.15, -0.1) is 21.5 Å². The number of benzene rings is 2. The van der Waals surface area contributed by atoms with Crippen LogP contribution in [-0.2, 0) is 12.1 Å². The molecule has 0 aliphatic carbocycles. The maximum atomic E-state index is 14.7. The number of aromatic nitrogens is 8. The van der Waals surface area contributed by atoms with Gasteiger partial charge in [0.2, 0.25) is 5.82 Å². The number of nitrogens with zero attached hydrogens (tertiary/aromatic N) is 7. The highest BCUT2D eigenvalue weighted by atomic mass is 32.1. The zero-order chi connectivity index (χ0) is 22.1. The number of nitrogens with one attached hydrogen (secondary N) is 1. The highest BCUT2D eigenvalue weighted by Crippen LogP contribution is 2.39. The summed E-state index contributed by atoms with van der Waals surface area (Å²) in [5.74, 6) is -1.14. The van der Waals surface area contributed by atoms with E-state index in [1.165, 1.54) is 40.9 Å². The first-order valence-corrected chi connectivity index (χ1v) is 10.2. The minimum absolute atomic E-state index is 0.0861. The average molecular weight is 452 g/mol. The highest BCUT2D eigenvalue weighted by Gasteiger charge is 2.37. The first-order valence-electron chi connectivity index (χ1n) is 9.34. The second-order valence-electron chi connectivity index (χ2n) is 6.92. The zero-order valence-electron chi connectivity index (χ0n) is 16.2. The molecule has 1 unspecified atom stereocenters. The van der Waals surface area contributed by atoms with Crippen molar-refractivity contribution in [3.05, 3.63) is 83.4 Å². The molecule has 0 aliphatic heterocycles. The standard InChI is InChI=1S/C20H14F2N8OS/c21-14-5-6-15(16(22)7-14)20(31,9-30-11-23-10-25-30)17-8-24-19(32-17)13-3-1-12(2-4-13)18-26-28-29-27-18/h1-8,10-11,31H,9H2,(H,26,27,28,29). The molecular weight excluding hydrogens is 438 g/mol. The summed E-state index contributed by atoms with van der Waals surface area (Å²) in [5.41, 5.74) is -0.366. The summed E-state index contributed by atoms with van der Waals surface area (Å²) in [6, 6.07) is 10.4. The molecule has 1 atom stereocenters. The van der Waals surface area contributed by atoms with E-state index < -0.39 is 17.2 Å². The molecular formula is C20H14F2N8OS. The third-order valence-electron chi connectivity index (χ3n) is 4.88. The lowest BCUT2D eigenvalue weighted by Gasteiger charge is -2.27. The summed E-state index contributed by atoms with van der Waals surface area (Å²) in [4.78, 5) is 8.66. The number of aliphatic hydroxyl groups is 1. The molecule has 0 saturated heterocycles. The lowest BCUT2D eigenvalue weighted by Crippen LogP contribution is -2.33. The van der Waals surface area contributed by atoms with Gasteiger partial charge in [-0.3, -0.25) is 0 Å². The predicted octanol–water partition coefficient (Wildman–Crippen LogP) is 2.80. The van der Waals surface area contributed by atoms with Gasteiger partial charge in [-0.1, -0.05) is 24.3 Å². The number of rotatable bonds is 6. The fourth-order valence-corrected chi connectivity index (χ4v) is 4.33. The van der Waals surface area contributed by atoms with Gasteiger partial charge in [0.1, 0.15) is 34.9 Å². The minimum atomic E-state index is -1.84. The van der Waals surface area contributed by atoms with Gasteiger partial charge in [0.15, 0.2) is 0 Å². The molecule has 3 aromatic heterocycles. The molecule has 5 rings (SSSR count). The van der Waals surface area contributed by atoms with E-state index in [9.17, 15) is 13.9 Å². The first kappa shape index (κ1) is 20.0. The van der Waals surface area contributed by atoms with Crippen molar-refractivity contribution in [2.24, 2.45) is 0 Å². The van der Waals surface area contributed by atoms with Crippen LogP contribution in [-0.4, -0.2) is 45.5 Å². The molecule has 32 heavy (non-hydrogen) atoms. The Morgan fingerprint density at radius 1 is 1.09 bits per heavy atom. The zero-order valence-corrected chi connectivity index (χ0v) is 17.0. The summed E-state index contributed by atoms with van der Waals surface area (Å²) in [5, 5.41) is 30.1. The summed E-state index contributed by atoms with van der Waals surface area (Å²) in [7, 11) is 0. The van der Waals surface area contributed by atoms with E-state index in [2.05, 4.69) is 35.7 Å². The molecule has 0 fully saturated rings. The topological polar surface area (TPSA) is 118 Å². The number of H-pyrrole nitrogens is 1. The highest BCUT2D eigenvalue weighted by molar-refractivity contribution is 7.15. The van der Waals surface area contributed by atoms with Crippen LogP contribution in [0.4, 0.5) is 8.78 Å². The van der Waals surface area contributed by atoms with Gasteiger partial charge in [-0.2, -0.15) is 10.3 Å². The maximum absolute atomic E-state index is 14.7. The van der Waals surface area contributed by atoms with Crippen LogP contribution in [0.15, 0.2) is 61.3 Å². The number of hydrogen-bond donors (Lipinski definition) is 2. The molecule has 0 aliphatic rings. The Bertz CT molecular complexity index is 1340. The van der Waals surface area contributed by atoms with Crippen LogP contribution in [0, 0.1) is 11.6 Å². The van der Waals surface area contributed by atoms with Gasteiger partial charge in [-0.25, -0.2) is 23.4 Å². The molecule has 0 saturated carbocycles. The van der Waals surface area contributed by atoms with Crippen LogP contribution < -0.4 is 0 Å². The molecule has 5 aromatic rings. The Morgan fingerprint density at radius 3 is 2.59 bits per heavy atom. The molecule has 0 amide bonds. The van der Waals surface area contributed by atoms with Crippen molar-refractivity contribution in [3.63, 3.8) is 0 Å². The molecule has 0 spiro atoms. The van der Waals surface area contributed by atoms with Gasteiger partial charge < -0.3 is 5.11 Å². The Balaban J connectivity index is 1.53. The molecule has 12 heteroatoms. The van der Waals surface area contributed by atoms with Crippen molar-refractivity contribution >= 4 is 11.3 Å². The smallest absolute Gasteiger partial charge is 0.204 e. The second kappa shape index (κ2) is 7.98. The number of thiazole rings is 1. The second-order valence-corrected chi connectivity index (χ2v) is 7.95. The van der Waals surface area contributed by atoms with Crippen LogP contribution in [0.5, 0.6) is 0 Å². The number of halogens is 2. The van der Waals surface area contributed by atoms with Gasteiger partial charge in [0, 0.05) is 29.0 Å². The maximum Gasteiger partial charge on any atom is 0.204 e. The monoisotopic (exact) mass is 452 g/mol. The Labute approximate surface area is 183 Å². The first-order chi connectivity index (χ1) is 15.5. The van der Waals surface area contributed by atoms with Crippen molar-refractivity contribution in [1.29, 1.82) is 0 Å². The van der Waals surface area contributed by atoms with E-state index in [-0.39, 0.29) is 12.1 Å². The Hall–Kier alpha value is -3.90. The van der Waals surface area contributed by atoms with Gasteiger partial charge in [0.25, 0.3) is 0 Å². The molecule has 2 aromatic carbocycles. The summed E-state index contributed by atoms with van der Waals surface area (Å²) in [6.45, 7) is -0.131. The minimum Gasteiger partial charge on any atom is -0.377 e. The number of aromatic amines is 1. The lowest BCUT2D eigenvalue weighted by atomic mass is 9.92. The van der Waals surface area contributed by atoms with E-state index in [1.54, 1.807) is 0 Å². The molecule has 0 bridgehead atoms. The fourth-order valence-electron chi connectivity index (χ4n) is 3.31. The quantitative estimate of drug-likeness (QED) is 0.407. The number of hydrogen-bond acceptors (Lipinski definition) is 8. The van der Waals surface area contributed by atoms with Crippen molar-refractivity contribution in [1.82, 2.24) is 40.4 Å². The van der Waals surface area contributed by atoms with E-state index in [0.717, 1.165) is 23.3 Å². The number of tetrazole rings is 1. The predicted molar refractivity (Wildman–Crippen MR) is 110 cm³/mol. The Kier molecular flexibility index (Phi) is 4.99. The molecule has 0 radical (unpaired) electrons. The average Bonchev–Trinajstić information content (AvgIpc) is 3.56. The van der Waals surface area contributed by atoms with Crippen LogP contribution in [0.2, 0.25) is 0 Å². The SMILES string of the molecule is OC(Cn1cncn1)(c1cnc(-c2ccc(-c3nn[nH]n3)cc2)s1)c1ccc(F)cc1F. The van der Waals surface area contributed by atoms with Crippen molar-refractivity contribution < 1.29 is 13.9 Å². The van der Waals surface area contributed by atoms with Crippen molar-refractivity contribution in [2.75, 3.05) is 0 Å². The summed E-state index contributed by atoms with van der Waals surface area (Å²) >= 11 is 1.19. The van der Waals surface area contributed by atoms with Gasteiger partial charge in [-0.05, 0) is 17.3 Å². The van der Waals surface area contributed by atoms with E-state index in [4.69, 9.17) is 0 Å². The van der Waals surface area contributed by atoms with Crippen molar-refractivity contribution in [2.45, 2.75) is 12.1 Å². The Morgan fingerprint density at radius 2 is 1.91 bits per heavy atom. The third kappa shape index (κ3) is 3.65. The largest absolute Gasteiger partial charge is 0.377 e. The summed E-state index contributed by atoms with van der Waals surface area (Å²) in [6.07, 6.45) is 4.20. The fraction of sp³-hybridized carbons (Fsp3) is 0.100. The normalized spacial score (nSPS) is 13.2. The summed E-state index contributed by atoms with van der Waals surface area (Å²) < 4.78 is 29.6. The van der Waals surface area contributed by atoms with E-state index in [0.29, 0.717) is 15.7 Å². The molecule has 2 N–H and O–H groups in total. The van der Waals surface area contributed by atoms with Crippen LogP contribution in [0.3, 0.4) is 0 Å². The molecule has 3 heterocycles. The van der Waals surface area contributed by atoms with Gasteiger partial charge in [0.05, 0.1) is 11.4 Å². The van der Waals surface area contributed by atoms with E-state index in [1.807, 2.05) is 24.3 Å². The lowest BCUT2D eigenvalue weighted by molar-refractivity contribution is 0.0569. The van der Waals surface area contributed by atoms with Crippen molar-refractivity contribution in [3.8, 4) is 22.0 Å². The molecule has 9 nitrogen and oxygen atoms in total. The van der Waals surface area contributed by atoms with Gasteiger partial charge >= 0.3 is 0 Å². The third-order valence-corrected chi connectivity index (χ3v) is 6.08. The molecule has 160 valence electrons. The van der Waals surface area contributed by atoms with Crippen LogP contribution in [0.25, 0.3) is 22.0 Å². The van der Waals surface area contributed by atoms with E-state index >= 15 is 0 Å². The van der Waals surface area contributed by atoms with Crippen LogP contribution >= 0.6 is 11.3 Å². The van der Waals surface area contributed by atoms with Crippen LogP contribution in [0.1, 0.15) is 10.4 Å².